The number of hydrogen-bond acceptors (Lipinski definition) is 2. The van der Waals surface area contributed by atoms with Crippen molar-refractivity contribution in [2.24, 2.45) is 11.7 Å². The Morgan fingerprint density at radius 1 is 1.80 bits per heavy atom. The Kier molecular flexibility index (Phi) is 3.95. The highest BCUT2D eigenvalue weighted by atomic mass is 19.1. The first-order valence-corrected chi connectivity index (χ1v) is 3.14. The third-order valence-electron chi connectivity index (χ3n) is 1.46. The second kappa shape index (κ2) is 4.22. The molecule has 0 spiro atoms. The Labute approximate surface area is 59.0 Å². The fraction of sp³-hybridized carbons (Fsp3) is 0.833. The molecule has 0 aliphatic heterocycles. The Bertz CT molecular complexity index is 118. The predicted octanol–water partition coefficient (Wildman–Crippen LogP) is 0.394. The molecule has 0 rings (SSSR count). The van der Waals surface area contributed by atoms with Crippen LogP contribution in [0.3, 0.4) is 0 Å². The number of aliphatic carboxylic acids is 1. The molecular formula is C6H12FNO2. The molecular weight excluding hydrogens is 137 g/mol. The number of halogens is 1. The topological polar surface area (TPSA) is 63.3 Å². The van der Waals surface area contributed by atoms with Gasteiger partial charge < -0.3 is 10.8 Å². The van der Waals surface area contributed by atoms with Crippen LogP contribution in [0.15, 0.2) is 0 Å². The summed E-state index contributed by atoms with van der Waals surface area (Å²) in [6.45, 7) is 1.11. The SMILES string of the molecule is CC(CCF)C(N)C(=O)O. The van der Waals surface area contributed by atoms with Crippen molar-refractivity contribution in [2.45, 2.75) is 19.4 Å². The third-order valence-corrected chi connectivity index (χ3v) is 1.46. The summed E-state index contributed by atoms with van der Waals surface area (Å²) in [6, 6.07) is -0.934. The zero-order valence-corrected chi connectivity index (χ0v) is 5.88. The lowest BCUT2D eigenvalue weighted by Crippen LogP contribution is -2.36. The van der Waals surface area contributed by atoms with Gasteiger partial charge in [0.1, 0.15) is 6.04 Å². The van der Waals surface area contributed by atoms with Crippen molar-refractivity contribution in [1.82, 2.24) is 0 Å². The third kappa shape index (κ3) is 2.77. The molecule has 0 aliphatic carbocycles. The van der Waals surface area contributed by atoms with Crippen LogP contribution in [0, 0.1) is 5.92 Å². The number of nitrogens with two attached hydrogens (primary N) is 1. The first kappa shape index (κ1) is 9.36. The van der Waals surface area contributed by atoms with Gasteiger partial charge in [0.2, 0.25) is 0 Å². The van der Waals surface area contributed by atoms with E-state index in [1.807, 2.05) is 0 Å². The van der Waals surface area contributed by atoms with E-state index in [2.05, 4.69) is 0 Å². The van der Waals surface area contributed by atoms with Gasteiger partial charge in [-0.25, -0.2) is 0 Å². The molecule has 0 heterocycles. The molecule has 0 saturated heterocycles. The quantitative estimate of drug-likeness (QED) is 0.608. The maximum atomic E-state index is 11.6. The number of alkyl halides is 1. The smallest absolute Gasteiger partial charge is 0.320 e. The van der Waals surface area contributed by atoms with Gasteiger partial charge in [0.25, 0.3) is 0 Å². The zero-order chi connectivity index (χ0) is 8.15. The van der Waals surface area contributed by atoms with Gasteiger partial charge in [-0.05, 0) is 12.3 Å². The molecule has 0 aliphatic rings. The highest BCUT2D eigenvalue weighted by Crippen LogP contribution is 2.05. The Balaban J connectivity index is 3.69. The Morgan fingerprint density at radius 3 is 2.60 bits per heavy atom. The van der Waals surface area contributed by atoms with Gasteiger partial charge in [0.05, 0.1) is 6.67 Å². The highest BCUT2D eigenvalue weighted by molar-refractivity contribution is 5.73. The van der Waals surface area contributed by atoms with E-state index < -0.39 is 18.7 Å². The second-order valence-electron chi connectivity index (χ2n) is 2.32. The van der Waals surface area contributed by atoms with Crippen molar-refractivity contribution in [3.8, 4) is 0 Å². The van der Waals surface area contributed by atoms with Gasteiger partial charge in [-0.15, -0.1) is 0 Å². The molecule has 2 unspecified atom stereocenters. The van der Waals surface area contributed by atoms with E-state index in [0.29, 0.717) is 0 Å². The van der Waals surface area contributed by atoms with Crippen LogP contribution in [-0.2, 0) is 4.79 Å². The molecule has 2 atom stereocenters. The van der Waals surface area contributed by atoms with Crippen LogP contribution >= 0.6 is 0 Å². The lowest BCUT2D eigenvalue weighted by molar-refractivity contribution is -0.139. The van der Waals surface area contributed by atoms with Crippen molar-refractivity contribution in [2.75, 3.05) is 6.67 Å². The van der Waals surface area contributed by atoms with Crippen LogP contribution in [-0.4, -0.2) is 23.8 Å². The van der Waals surface area contributed by atoms with Crippen molar-refractivity contribution < 1.29 is 14.3 Å². The number of rotatable bonds is 4. The van der Waals surface area contributed by atoms with Crippen molar-refractivity contribution in [1.29, 1.82) is 0 Å². The molecule has 0 fully saturated rings. The maximum absolute atomic E-state index is 11.6. The first-order valence-electron chi connectivity index (χ1n) is 3.14. The normalized spacial score (nSPS) is 16.3. The van der Waals surface area contributed by atoms with Crippen LogP contribution in [0.1, 0.15) is 13.3 Å². The number of carboxylic acids is 1. The van der Waals surface area contributed by atoms with E-state index in [9.17, 15) is 9.18 Å². The molecule has 0 radical (unpaired) electrons. The maximum Gasteiger partial charge on any atom is 0.320 e. The molecule has 0 aromatic rings. The van der Waals surface area contributed by atoms with Crippen molar-refractivity contribution in [3.63, 3.8) is 0 Å². The minimum Gasteiger partial charge on any atom is -0.480 e. The molecule has 0 saturated carbocycles. The Hall–Kier alpha value is -0.640. The highest BCUT2D eigenvalue weighted by Gasteiger charge is 2.18. The van der Waals surface area contributed by atoms with Gasteiger partial charge in [-0.1, -0.05) is 6.92 Å². The van der Waals surface area contributed by atoms with E-state index in [0.717, 1.165) is 0 Å². The largest absolute Gasteiger partial charge is 0.480 e. The molecule has 4 heteroatoms. The summed E-state index contributed by atoms with van der Waals surface area (Å²) in [5, 5.41) is 8.33. The van der Waals surface area contributed by atoms with Gasteiger partial charge in [0.15, 0.2) is 0 Å². The molecule has 0 aromatic heterocycles. The molecule has 0 aromatic carbocycles. The lowest BCUT2D eigenvalue weighted by Gasteiger charge is -2.12. The molecule has 0 bridgehead atoms. The second-order valence-corrected chi connectivity index (χ2v) is 2.32. The van der Waals surface area contributed by atoms with Crippen LogP contribution < -0.4 is 5.73 Å². The Morgan fingerprint density at radius 2 is 2.30 bits per heavy atom. The summed E-state index contributed by atoms with van der Waals surface area (Å²) in [6.07, 6.45) is 0.216. The van der Waals surface area contributed by atoms with E-state index in [4.69, 9.17) is 10.8 Å². The number of hydrogen-bond donors (Lipinski definition) is 2. The van der Waals surface area contributed by atoms with Gasteiger partial charge >= 0.3 is 5.97 Å². The molecule has 0 amide bonds. The number of carboxylic acid groups (broad SMARTS) is 1. The van der Waals surface area contributed by atoms with Crippen LogP contribution in [0.4, 0.5) is 4.39 Å². The standard InChI is InChI=1S/C6H12FNO2/c1-4(2-3-7)5(8)6(9)10/h4-5H,2-3,8H2,1H3,(H,9,10). The average Bonchev–Trinajstić information content (AvgIpc) is 1.87. The minimum atomic E-state index is -1.07. The van der Waals surface area contributed by atoms with Crippen molar-refractivity contribution in [3.05, 3.63) is 0 Å². The monoisotopic (exact) mass is 149 g/mol. The summed E-state index contributed by atoms with van der Waals surface area (Å²) >= 11 is 0. The number of carbonyl (C=O) groups is 1. The average molecular weight is 149 g/mol. The van der Waals surface area contributed by atoms with Gasteiger partial charge in [-0.3, -0.25) is 9.18 Å². The van der Waals surface area contributed by atoms with Crippen molar-refractivity contribution >= 4 is 5.97 Å². The zero-order valence-electron chi connectivity index (χ0n) is 5.88. The van der Waals surface area contributed by atoms with E-state index >= 15 is 0 Å². The van der Waals surface area contributed by atoms with E-state index in [1.54, 1.807) is 6.92 Å². The molecule has 3 N–H and O–H groups in total. The van der Waals surface area contributed by atoms with Crippen LogP contribution in [0.5, 0.6) is 0 Å². The van der Waals surface area contributed by atoms with Crippen LogP contribution in [0.2, 0.25) is 0 Å². The molecule has 60 valence electrons. The summed E-state index contributed by atoms with van der Waals surface area (Å²) in [5.41, 5.74) is 5.18. The lowest BCUT2D eigenvalue weighted by atomic mass is 10.0. The van der Waals surface area contributed by atoms with Gasteiger partial charge in [0, 0.05) is 0 Å². The fourth-order valence-corrected chi connectivity index (χ4v) is 0.595. The summed E-state index contributed by atoms with van der Waals surface area (Å²) in [7, 11) is 0. The summed E-state index contributed by atoms with van der Waals surface area (Å²) in [5.74, 6) is -1.36. The van der Waals surface area contributed by atoms with Gasteiger partial charge in [-0.2, -0.15) is 0 Å². The van der Waals surface area contributed by atoms with Crippen LogP contribution in [0.25, 0.3) is 0 Å². The molecule has 10 heavy (non-hydrogen) atoms. The summed E-state index contributed by atoms with van der Waals surface area (Å²) < 4.78 is 11.6. The fourth-order valence-electron chi connectivity index (χ4n) is 0.595. The summed E-state index contributed by atoms with van der Waals surface area (Å²) in [4.78, 5) is 10.2. The molecule has 3 nitrogen and oxygen atoms in total. The first-order chi connectivity index (χ1) is 4.59. The van der Waals surface area contributed by atoms with E-state index in [-0.39, 0.29) is 12.3 Å². The van der Waals surface area contributed by atoms with E-state index in [1.165, 1.54) is 0 Å². The predicted molar refractivity (Wildman–Crippen MR) is 35.4 cm³/mol. The minimum absolute atomic E-state index is 0.216.